The van der Waals surface area contributed by atoms with Crippen LogP contribution in [0.5, 0.6) is 11.5 Å². The van der Waals surface area contributed by atoms with Gasteiger partial charge in [-0.2, -0.15) is 0 Å². The number of carbonyl (C=O) groups excluding carboxylic acids is 2. The molecule has 2 aliphatic rings. The molecule has 0 N–H and O–H groups in total. The number of anilines is 1. The number of benzene rings is 1. The molecule has 1 amide bonds. The van der Waals surface area contributed by atoms with Crippen LogP contribution in [0.15, 0.2) is 18.2 Å². The summed E-state index contributed by atoms with van der Waals surface area (Å²) >= 11 is 1.08. The van der Waals surface area contributed by atoms with E-state index in [0.717, 1.165) is 11.8 Å². The second kappa shape index (κ2) is 4.87. The number of hydrogen-bond donors (Lipinski definition) is 0. The smallest absolute Gasteiger partial charge is 0.395 e. The lowest BCUT2D eigenvalue weighted by molar-refractivity contribution is -0.286. The van der Waals surface area contributed by atoms with E-state index in [1.807, 2.05) is 0 Å². The summed E-state index contributed by atoms with van der Waals surface area (Å²) in [5.41, 5.74) is 0.237. The minimum absolute atomic E-state index is 0.0842. The molecule has 0 radical (unpaired) electrons. The first-order chi connectivity index (χ1) is 9.85. The molecule has 1 unspecified atom stereocenters. The largest absolute Gasteiger partial charge is 0.586 e. The Morgan fingerprint density at radius 3 is 2.90 bits per heavy atom. The van der Waals surface area contributed by atoms with Crippen molar-refractivity contribution in [3.63, 3.8) is 0 Å². The quantitative estimate of drug-likeness (QED) is 0.839. The highest BCUT2D eigenvalue weighted by Crippen LogP contribution is 2.48. The topological polar surface area (TPSA) is 55.8 Å². The third-order valence-electron chi connectivity index (χ3n) is 3.12. The van der Waals surface area contributed by atoms with E-state index < -0.39 is 6.29 Å². The predicted molar refractivity (Wildman–Crippen MR) is 71.7 cm³/mol. The molecule has 0 saturated carbocycles. The SMILES string of the molecule is CC(=O)SC1CC(=O)N(c2cccc3c2OC(F)(F)O3)C1. The van der Waals surface area contributed by atoms with E-state index in [1.165, 1.54) is 30.0 Å². The lowest BCUT2D eigenvalue weighted by Crippen LogP contribution is -2.28. The van der Waals surface area contributed by atoms with Gasteiger partial charge in [0, 0.05) is 25.1 Å². The maximum absolute atomic E-state index is 13.2. The fourth-order valence-corrected chi connectivity index (χ4v) is 3.31. The van der Waals surface area contributed by atoms with Gasteiger partial charge in [-0.25, -0.2) is 0 Å². The summed E-state index contributed by atoms with van der Waals surface area (Å²) in [6.07, 6.45) is -3.54. The van der Waals surface area contributed by atoms with Crippen LogP contribution in [0.25, 0.3) is 0 Å². The van der Waals surface area contributed by atoms with Gasteiger partial charge < -0.3 is 14.4 Å². The summed E-state index contributed by atoms with van der Waals surface area (Å²) in [5, 5.41) is -0.271. The number of halogens is 2. The molecular formula is C13H11F2NO4S. The maximum atomic E-state index is 13.2. The number of amides is 1. The summed E-state index contributed by atoms with van der Waals surface area (Å²) in [7, 11) is 0. The molecule has 2 heterocycles. The normalized spacial score (nSPS) is 22.7. The first kappa shape index (κ1) is 14.1. The van der Waals surface area contributed by atoms with Crippen molar-refractivity contribution in [2.45, 2.75) is 24.9 Å². The van der Waals surface area contributed by atoms with Gasteiger partial charge in [-0.1, -0.05) is 17.8 Å². The van der Waals surface area contributed by atoms with Crippen LogP contribution in [0.1, 0.15) is 13.3 Å². The van der Waals surface area contributed by atoms with E-state index >= 15 is 0 Å². The molecule has 0 bridgehead atoms. The van der Waals surface area contributed by atoms with Gasteiger partial charge in [-0.3, -0.25) is 9.59 Å². The van der Waals surface area contributed by atoms with Crippen LogP contribution < -0.4 is 14.4 Å². The minimum Gasteiger partial charge on any atom is -0.395 e. The van der Waals surface area contributed by atoms with Crippen LogP contribution in [0.2, 0.25) is 0 Å². The van der Waals surface area contributed by atoms with Crippen LogP contribution in [0, 0.1) is 0 Å². The Bertz CT molecular complexity index is 622. The van der Waals surface area contributed by atoms with E-state index in [4.69, 9.17) is 0 Å². The zero-order valence-corrected chi connectivity index (χ0v) is 11.8. The molecule has 1 fully saturated rings. The third kappa shape index (κ3) is 2.67. The van der Waals surface area contributed by atoms with Crippen molar-refractivity contribution in [1.29, 1.82) is 0 Å². The monoisotopic (exact) mass is 315 g/mol. The second-order valence-electron chi connectivity index (χ2n) is 4.71. The number of ether oxygens (including phenoxy) is 2. The molecule has 1 saturated heterocycles. The molecular weight excluding hydrogens is 304 g/mol. The lowest BCUT2D eigenvalue weighted by Gasteiger charge is -2.18. The average molecular weight is 315 g/mol. The Morgan fingerprint density at radius 1 is 1.43 bits per heavy atom. The maximum Gasteiger partial charge on any atom is 0.586 e. The number of hydrogen-bond acceptors (Lipinski definition) is 5. The standard InChI is InChI=1S/C13H11F2NO4S/c1-7(17)21-8-5-11(18)16(6-8)9-3-2-4-10-12(9)20-13(14,15)19-10/h2-4,8H,5-6H2,1H3. The van der Waals surface area contributed by atoms with Gasteiger partial charge in [0.2, 0.25) is 5.91 Å². The highest BCUT2D eigenvalue weighted by atomic mass is 32.2. The van der Waals surface area contributed by atoms with Crippen LogP contribution in [0.4, 0.5) is 14.5 Å². The Morgan fingerprint density at radius 2 is 2.19 bits per heavy atom. The lowest BCUT2D eigenvalue weighted by atomic mass is 10.2. The summed E-state index contributed by atoms with van der Waals surface area (Å²) in [6, 6.07) is 4.38. The first-order valence-electron chi connectivity index (χ1n) is 6.22. The van der Waals surface area contributed by atoms with Gasteiger partial charge >= 0.3 is 6.29 Å². The molecule has 2 aliphatic heterocycles. The zero-order chi connectivity index (χ0) is 15.2. The molecule has 21 heavy (non-hydrogen) atoms. The van der Waals surface area contributed by atoms with Crippen LogP contribution in [-0.2, 0) is 9.59 Å². The van der Waals surface area contributed by atoms with E-state index in [1.54, 1.807) is 0 Å². The van der Waals surface area contributed by atoms with E-state index in [9.17, 15) is 18.4 Å². The van der Waals surface area contributed by atoms with Crippen molar-refractivity contribution in [2.24, 2.45) is 0 Å². The fourth-order valence-electron chi connectivity index (χ4n) is 2.39. The summed E-state index contributed by atoms with van der Waals surface area (Å²) < 4.78 is 35.2. The molecule has 5 nitrogen and oxygen atoms in total. The van der Waals surface area contributed by atoms with Gasteiger partial charge in [0.25, 0.3) is 0 Å². The molecule has 0 aliphatic carbocycles. The van der Waals surface area contributed by atoms with Crippen molar-refractivity contribution < 1.29 is 27.8 Å². The first-order valence-corrected chi connectivity index (χ1v) is 7.10. The molecule has 8 heteroatoms. The number of para-hydroxylation sites is 1. The van der Waals surface area contributed by atoms with Crippen LogP contribution >= 0.6 is 11.8 Å². The van der Waals surface area contributed by atoms with Crippen molar-refractivity contribution >= 4 is 28.5 Å². The van der Waals surface area contributed by atoms with Crippen molar-refractivity contribution in [3.8, 4) is 11.5 Å². The summed E-state index contributed by atoms with van der Waals surface area (Å²) in [5.74, 6) is -0.488. The Kier molecular flexibility index (Phi) is 3.27. The number of alkyl halides is 2. The van der Waals surface area contributed by atoms with Gasteiger partial charge in [0.1, 0.15) is 0 Å². The van der Waals surface area contributed by atoms with Crippen molar-refractivity contribution in [2.75, 3.05) is 11.4 Å². The predicted octanol–water partition coefficient (Wildman–Crippen LogP) is 2.39. The van der Waals surface area contributed by atoms with Crippen LogP contribution in [-0.4, -0.2) is 29.1 Å². The van der Waals surface area contributed by atoms with Gasteiger partial charge in [0.15, 0.2) is 16.6 Å². The van der Waals surface area contributed by atoms with Gasteiger partial charge in [0.05, 0.1) is 5.69 Å². The Balaban J connectivity index is 1.88. The molecule has 1 atom stereocenters. The van der Waals surface area contributed by atoms with Gasteiger partial charge in [-0.15, -0.1) is 8.78 Å². The van der Waals surface area contributed by atoms with Crippen LogP contribution in [0.3, 0.4) is 0 Å². The molecule has 1 aromatic rings. The average Bonchev–Trinajstić information content (AvgIpc) is 2.86. The molecule has 112 valence electrons. The zero-order valence-electron chi connectivity index (χ0n) is 11.0. The number of rotatable bonds is 2. The van der Waals surface area contributed by atoms with Crippen molar-refractivity contribution in [1.82, 2.24) is 0 Å². The fraction of sp³-hybridized carbons (Fsp3) is 0.385. The molecule has 0 spiro atoms. The molecule has 3 rings (SSSR count). The molecule has 0 aromatic heterocycles. The number of thioether (sulfide) groups is 1. The highest BCUT2D eigenvalue weighted by molar-refractivity contribution is 8.14. The third-order valence-corrected chi connectivity index (χ3v) is 4.10. The van der Waals surface area contributed by atoms with Gasteiger partial charge in [-0.05, 0) is 12.1 Å². The van der Waals surface area contributed by atoms with Crippen molar-refractivity contribution in [3.05, 3.63) is 18.2 Å². The van der Waals surface area contributed by atoms with E-state index in [-0.39, 0.29) is 46.4 Å². The summed E-state index contributed by atoms with van der Waals surface area (Å²) in [4.78, 5) is 24.5. The second-order valence-corrected chi connectivity index (χ2v) is 6.19. The number of fused-ring (bicyclic) bond motifs is 1. The Hall–Kier alpha value is -1.83. The molecule has 1 aromatic carbocycles. The summed E-state index contributed by atoms with van der Waals surface area (Å²) in [6.45, 7) is 1.70. The number of carbonyl (C=O) groups is 2. The minimum atomic E-state index is -3.73. The van der Waals surface area contributed by atoms with E-state index in [0.29, 0.717) is 0 Å². The van der Waals surface area contributed by atoms with E-state index in [2.05, 4.69) is 9.47 Å². The number of nitrogens with zero attached hydrogens (tertiary/aromatic N) is 1. The highest BCUT2D eigenvalue weighted by Gasteiger charge is 2.46. The Labute approximate surface area is 123 Å².